The van der Waals surface area contributed by atoms with E-state index in [9.17, 15) is 24.3 Å². The number of aromatic nitrogens is 2. The number of carbonyl (C=O) groups excluding carboxylic acids is 3. The van der Waals surface area contributed by atoms with E-state index in [4.69, 9.17) is 5.73 Å². The summed E-state index contributed by atoms with van der Waals surface area (Å²) in [5.41, 5.74) is 9.49. The third kappa shape index (κ3) is 7.84. The van der Waals surface area contributed by atoms with E-state index < -0.39 is 53.8 Å². The molecule has 4 rings (SSSR count). The van der Waals surface area contributed by atoms with Crippen molar-refractivity contribution in [2.75, 3.05) is 0 Å². The highest BCUT2D eigenvalue weighted by molar-refractivity contribution is 5.95. The SMILES string of the molecule is CC(C)CC(N)C(=O)NC(Cc1c[nH]c2ccccc12)C(=O)NC(Cc1c[nH]c2ccccc12)C(=O)NC(C(=O)O)C(C)C. The maximum absolute atomic E-state index is 14.0. The molecule has 4 unspecified atom stereocenters. The van der Waals surface area contributed by atoms with Crippen LogP contribution in [-0.4, -0.2) is 62.9 Å². The number of amides is 3. The Morgan fingerprint density at radius 3 is 1.64 bits per heavy atom. The molecule has 0 saturated carbocycles. The molecule has 0 bridgehead atoms. The normalized spacial score (nSPS) is 14.3. The summed E-state index contributed by atoms with van der Waals surface area (Å²) in [6.07, 6.45) is 4.23. The molecule has 0 spiro atoms. The van der Waals surface area contributed by atoms with Crippen molar-refractivity contribution >= 4 is 45.5 Å². The molecule has 4 aromatic rings. The number of nitrogens with one attached hydrogen (secondary N) is 5. The number of hydrogen-bond donors (Lipinski definition) is 7. The molecule has 234 valence electrons. The minimum atomic E-state index is -1.17. The molecule has 0 aliphatic carbocycles. The van der Waals surface area contributed by atoms with Gasteiger partial charge in [-0.2, -0.15) is 0 Å². The van der Waals surface area contributed by atoms with Crippen LogP contribution in [0.2, 0.25) is 0 Å². The smallest absolute Gasteiger partial charge is 0.326 e. The Hall–Kier alpha value is -4.64. The van der Waals surface area contributed by atoms with Gasteiger partial charge in [0.1, 0.15) is 18.1 Å². The molecule has 44 heavy (non-hydrogen) atoms. The van der Waals surface area contributed by atoms with Crippen molar-refractivity contribution in [2.24, 2.45) is 17.6 Å². The Bertz CT molecular complexity index is 1620. The van der Waals surface area contributed by atoms with Crippen LogP contribution in [0.5, 0.6) is 0 Å². The second kappa shape index (κ2) is 14.2. The molecular weight excluding hydrogens is 560 g/mol. The molecule has 2 aromatic carbocycles. The molecule has 11 nitrogen and oxygen atoms in total. The summed E-state index contributed by atoms with van der Waals surface area (Å²) in [6.45, 7) is 7.30. The van der Waals surface area contributed by atoms with E-state index in [0.717, 1.165) is 32.9 Å². The number of nitrogens with two attached hydrogens (primary N) is 1. The molecule has 3 amide bonds. The van der Waals surface area contributed by atoms with Gasteiger partial charge in [0.25, 0.3) is 0 Å². The molecule has 0 aliphatic rings. The first kappa shape index (κ1) is 32.3. The van der Waals surface area contributed by atoms with E-state index in [2.05, 4.69) is 25.9 Å². The maximum atomic E-state index is 14.0. The zero-order valence-corrected chi connectivity index (χ0v) is 25.5. The van der Waals surface area contributed by atoms with Crippen LogP contribution in [-0.2, 0) is 32.0 Å². The highest BCUT2D eigenvalue weighted by atomic mass is 16.4. The lowest BCUT2D eigenvalue weighted by Gasteiger charge is -2.26. The van der Waals surface area contributed by atoms with Crippen molar-refractivity contribution in [2.45, 2.75) is 71.1 Å². The average Bonchev–Trinajstić information content (AvgIpc) is 3.58. The molecule has 8 N–H and O–H groups in total. The van der Waals surface area contributed by atoms with Crippen LogP contribution in [0.1, 0.15) is 45.2 Å². The van der Waals surface area contributed by atoms with Gasteiger partial charge < -0.3 is 36.8 Å². The van der Waals surface area contributed by atoms with Crippen LogP contribution in [0.3, 0.4) is 0 Å². The molecule has 2 aromatic heterocycles. The Morgan fingerprint density at radius 1 is 0.727 bits per heavy atom. The minimum Gasteiger partial charge on any atom is -0.480 e. The number of rotatable bonds is 14. The van der Waals surface area contributed by atoms with Crippen LogP contribution in [0.15, 0.2) is 60.9 Å². The largest absolute Gasteiger partial charge is 0.480 e. The first-order chi connectivity index (χ1) is 20.9. The lowest BCUT2D eigenvalue weighted by Crippen LogP contribution is -2.58. The second-order valence-electron chi connectivity index (χ2n) is 12.1. The third-order valence-corrected chi connectivity index (χ3v) is 7.76. The predicted octanol–water partition coefficient (Wildman–Crippen LogP) is 3.00. The van der Waals surface area contributed by atoms with E-state index in [1.807, 2.05) is 62.4 Å². The van der Waals surface area contributed by atoms with Gasteiger partial charge in [-0.05, 0) is 41.5 Å². The molecule has 11 heteroatoms. The van der Waals surface area contributed by atoms with Crippen LogP contribution in [0.25, 0.3) is 21.8 Å². The Kier molecular flexibility index (Phi) is 10.4. The number of hydrogen-bond acceptors (Lipinski definition) is 5. The Balaban J connectivity index is 1.64. The summed E-state index contributed by atoms with van der Waals surface area (Å²) in [6, 6.07) is 11.0. The zero-order chi connectivity index (χ0) is 32.0. The van der Waals surface area contributed by atoms with Gasteiger partial charge in [0.15, 0.2) is 0 Å². The van der Waals surface area contributed by atoms with Gasteiger partial charge in [-0.1, -0.05) is 64.1 Å². The van der Waals surface area contributed by atoms with Crippen molar-refractivity contribution < 1.29 is 24.3 Å². The summed E-state index contributed by atoms with van der Waals surface area (Å²) >= 11 is 0. The van der Waals surface area contributed by atoms with Crippen molar-refractivity contribution in [3.8, 4) is 0 Å². The third-order valence-electron chi connectivity index (χ3n) is 7.76. The van der Waals surface area contributed by atoms with E-state index in [1.165, 1.54) is 0 Å². The molecule has 0 radical (unpaired) electrons. The number of carboxylic acid groups (broad SMARTS) is 1. The summed E-state index contributed by atoms with van der Waals surface area (Å²) < 4.78 is 0. The number of benzene rings is 2. The zero-order valence-electron chi connectivity index (χ0n) is 25.5. The van der Waals surface area contributed by atoms with Gasteiger partial charge in [-0.3, -0.25) is 14.4 Å². The lowest BCUT2D eigenvalue weighted by atomic mass is 9.99. The molecule has 0 fully saturated rings. The number of aliphatic carboxylic acids is 1. The standard InChI is InChI=1S/C33H42N6O5/c1-18(2)13-24(34)30(40)37-27(14-20-16-35-25-11-7-5-9-22(20)25)31(41)38-28(32(42)39-29(19(3)4)33(43)44)15-21-17-36-26-12-8-6-10-23(21)26/h5-12,16-19,24,27-29,35-36H,13-15,34H2,1-4H3,(H,37,40)(H,38,41)(H,39,42)(H,43,44). The fourth-order valence-electron chi connectivity index (χ4n) is 5.39. The second-order valence-corrected chi connectivity index (χ2v) is 12.1. The number of carbonyl (C=O) groups is 4. The monoisotopic (exact) mass is 602 g/mol. The first-order valence-corrected chi connectivity index (χ1v) is 14.9. The predicted molar refractivity (Wildman–Crippen MR) is 170 cm³/mol. The molecule has 0 saturated heterocycles. The van der Waals surface area contributed by atoms with Gasteiger partial charge in [0.2, 0.25) is 17.7 Å². The topological polar surface area (TPSA) is 182 Å². The molecule has 2 heterocycles. The molecule has 0 aliphatic heterocycles. The van der Waals surface area contributed by atoms with Crippen LogP contribution in [0.4, 0.5) is 0 Å². The van der Waals surface area contributed by atoms with Crippen molar-refractivity contribution in [3.63, 3.8) is 0 Å². The van der Waals surface area contributed by atoms with E-state index in [0.29, 0.717) is 6.42 Å². The fraction of sp³-hybridized carbons (Fsp3) is 0.394. The number of H-pyrrole nitrogens is 2. The summed E-state index contributed by atoms with van der Waals surface area (Å²) in [7, 11) is 0. The Morgan fingerprint density at radius 2 is 1.18 bits per heavy atom. The van der Waals surface area contributed by atoms with Gasteiger partial charge in [0.05, 0.1) is 6.04 Å². The molecular formula is C33H42N6O5. The summed E-state index contributed by atoms with van der Waals surface area (Å²) in [5.74, 6) is -3.09. The Labute approximate surface area is 256 Å². The minimum absolute atomic E-state index is 0.0899. The summed E-state index contributed by atoms with van der Waals surface area (Å²) in [5, 5.41) is 19.7. The number of aromatic amines is 2. The fourth-order valence-corrected chi connectivity index (χ4v) is 5.39. The molecule has 4 atom stereocenters. The number of fused-ring (bicyclic) bond motifs is 2. The first-order valence-electron chi connectivity index (χ1n) is 14.9. The van der Waals surface area contributed by atoms with Crippen molar-refractivity contribution in [1.29, 1.82) is 0 Å². The number of para-hydroxylation sites is 2. The highest BCUT2D eigenvalue weighted by Gasteiger charge is 2.32. The van der Waals surface area contributed by atoms with Gasteiger partial charge >= 0.3 is 5.97 Å². The van der Waals surface area contributed by atoms with Crippen LogP contribution < -0.4 is 21.7 Å². The summed E-state index contributed by atoms with van der Waals surface area (Å²) in [4.78, 5) is 59.0. The van der Waals surface area contributed by atoms with Crippen molar-refractivity contribution in [1.82, 2.24) is 25.9 Å². The van der Waals surface area contributed by atoms with Crippen LogP contribution in [0, 0.1) is 11.8 Å². The van der Waals surface area contributed by atoms with Gasteiger partial charge in [-0.25, -0.2) is 4.79 Å². The lowest BCUT2D eigenvalue weighted by molar-refractivity contribution is -0.143. The number of carboxylic acids is 1. The van der Waals surface area contributed by atoms with Crippen LogP contribution >= 0.6 is 0 Å². The van der Waals surface area contributed by atoms with E-state index >= 15 is 0 Å². The average molecular weight is 603 g/mol. The maximum Gasteiger partial charge on any atom is 0.326 e. The van der Waals surface area contributed by atoms with E-state index in [-0.39, 0.29) is 18.8 Å². The quantitative estimate of drug-likeness (QED) is 0.116. The van der Waals surface area contributed by atoms with E-state index in [1.54, 1.807) is 26.2 Å². The van der Waals surface area contributed by atoms with Gasteiger partial charge in [0, 0.05) is 47.0 Å². The van der Waals surface area contributed by atoms with Gasteiger partial charge in [-0.15, -0.1) is 0 Å². The highest BCUT2D eigenvalue weighted by Crippen LogP contribution is 2.21. The van der Waals surface area contributed by atoms with Crippen molar-refractivity contribution in [3.05, 3.63) is 72.1 Å².